The first kappa shape index (κ1) is 5.98. The first-order valence-electron chi connectivity index (χ1n) is 2.90. The van der Waals surface area contributed by atoms with Crippen LogP contribution in [0.3, 0.4) is 0 Å². The summed E-state index contributed by atoms with van der Waals surface area (Å²) in [5, 5.41) is 2.67. The largest absolute Gasteiger partial charge is 0.330 e. The molecule has 1 saturated heterocycles. The van der Waals surface area contributed by atoms with Gasteiger partial charge < -0.3 is 5.73 Å². The van der Waals surface area contributed by atoms with Gasteiger partial charge in [0.1, 0.15) is 0 Å². The molecule has 2 atom stereocenters. The molecule has 1 rings (SSSR count). The Morgan fingerprint density at radius 3 is 2.75 bits per heavy atom. The summed E-state index contributed by atoms with van der Waals surface area (Å²) >= 11 is 0. The maximum absolute atomic E-state index is 12.2. The van der Waals surface area contributed by atoms with Gasteiger partial charge in [0, 0.05) is 6.54 Å². The lowest BCUT2D eigenvalue weighted by Crippen LogP contribution is -2.18. The predicted molar refractivity (Wildman–Crippen MR) is 30.1 cm³/mol. The summed E-state index contributed by atoms with van der Waals surface area (Å²) in [7, 11) is 0. The Bertz CT molecular complexity index is 76.8. The second kappa shape index (κ2) is 2.42. The molecule has 3 heteroatoms. The Kier molecular flexibility index (Phi) is 1.81. The summed E-state index contributed by atoms with van der Waals surface area (Å²) in [5.74, 6) is 0.366. The van der Waals surface area contributed by atoms with E-state index in [1.54, 1.807) is 0 Å². The van der Waals surface area contributed by atoms with E-state index in [9.17, 15) is 4.39 Å². The lowest BCUT2D eigenvalue weighted by molar-refractivity contribution is 0.304. The van der Waals surface area contributed by atoms with Crippen molar-refractivity contribution in [2.45, 2.75) is 12.7 Å². The predicted octanol–water partition coefficient (Wildman–Crippen LogP) is -0.150. The minimum atomic E-state index is -0.802. The molecule has 0 bridgehead atoms. The van der Waals surface area contributed by atoms with E-state index in [1.165, 1.54) is 0 Å². The molecule has 48 valence electrons. The maximum Gasteiger partial charge on any atom is 0.151 e. The molecule has 2 nitrogen and oxygen atoms in total. The first-order valence-corrected chi connectivity index (χ1v) is 2.90. The number of nitrogens with one attached hydrogen (secondary N) is 1. The van der Waals surface area contributed by atoms with Gasteiger partial charge in [0.25, 0.3) is 0 Å². The normalized spacial score (nSPS) is 38.2. The minimum absolute atomic E-state index is 0.366. The number of hydrogen-bond donors (Lipinski definition) is 2. The van der Waals surface area contributed by atoms with Gasteiger partial charge >= 0.3 is 0 Å². The Labute approximate surface area is 48.2 Å². The van der Waals surface area contributed by atoms with E-state index in [4.69, 9.17) is 5.73 Å². The molecule has 1 heterocycles. The van der Waals surface area contributed by atoms with Gasteiger partial charge in [-0.05, 0) is 18.9 Å². The quantitative estimate of drug-likeness (QED) is 0.470. The second-order valence-electron chi connectivity index (χ2n) is 2.21. The lowest BCUT2D eigenvalue weighted by atomic mass is 10.1. The fourth-order valence-corrected chi connectivity index (χ4v) is 0.933. The molecule has 0 aromatic carbocycles. The molecule has 1 aliphatic heterocycles. The average molecular weight is 118 g/mol. The van der Waals surface area contributed by atoms with Crippen molar-refractivity contribution < 1.29 is 4.39 Å². The molecule has 2 unspecified atom stereocenters. The third kappa shape index (κ3) is 1.17. The summed E-state index contributed by atoms with van der Waals surface area (Å²) in [6.45, 7) is 1.35. The van der Waals surface area contributed by atoms with Gasteiger partial charge in [0.05, 0.1) is 0 Å². The van der Waals surface area contributed by atoms with Crippen LogP contribution in [-0.2, 0) is 0 Å². The highest BCUT2D eigenvalue weighted by Gasteiger charge is 2.21. The van der Waals surface area contributed by atoms with Crippen LogP contribution in [0.25, 0.3) is 0 Å². The summed E-state index contributed by atoms with van der Waals surface area (Å²) in [4.78, 5) is 0. The zero-order valence-corrected chi connectivity index (χ0v) is 4.73. The molecular formula is C5H11FN2. The van der Waals surface area contributed by atoms with E-state index in [0.29, 0.717) is 18.9 Å². The van der Waals surface area contributed by atoms with Gasteiger partial charge in [-0.3, -0.25) is 5.32 Å². The van der Waals surface area contributed by atoms with Crippen LogP contribution < -0.4 is 11.1 Å². The van der Waals surface area contributed by atoms with Crippen molar-refractivity contribution in [2.24, 2.45) is 11.7 Å². The third-order valence-corrected chi connectivity index (χ3v) is 1.50. The molecule has 1 aliphatic rings. The van der Waals surface area contributed by atoms with Crippen LogP contribution in [0.2, 0.25) is 0 Å². The summed E-state index contributed by atoms with van der Waals surface area (Å²) in [5.41, 5.74) is 5.29. The number of hydrogen-bond acceptors (Lipinski definition) is 2. The molecule has 0 aromatic heterocycles. The van der Waals surface area contributed by atoms with Crippen molar-refractivity contribution in [3.8, 4) is 0 Å². The highest BCUT2D eigenvalue weighted by atomic mass is 19.1. The van der Waals surface area contributed by atoms with Gasteiger partial charge in [-0.15, -0.1) is 0 Å². The molecule has 0 aromatic rings. The van der Waals surface area contributed by atoms with Crippen molar-refractivity contribution in [3.63, 3.8) is 0 Å². The van der Waals surface area contributed by atoms with Gasteiger partial charge in [-0.1, -0.05) is 0 Å². The van der Waals surface area contributed by atoms with Crippen molar-refractivity contribution in [1.29, 1.82) is 0 Å². The van der Waals surface area contributed by atoms with Crippen LogP contribution in [-0.4, -0.2) is 19.4 Å². The molecule has 0 amide bonds. The van der Waals surface area contributed by atoms with Crippen LogP contribution in [0, 0.1) is 5.92 Å². The molecule has 8 heavy (non-hydrogen) atoms. The van der Waals surface area contributed by atoms with Crippen LogP contribution in [0.5, 0.6) is 0 Å². The van der Waals surface area contributed by atoms with Crippen molar-refractivity contribution in [1.82, 2.24) is 5.32 Å². The van der Waals surface area contributed by atoms with E-state index in [0.717, 1.165) is 6.54 Å². The summed E-state index contributed by atoms with van der Waals surface area (Å²) < 4.78 is 12.2. The van der Waals surface area contributed by atoms with E-state index in [-0.39, 0.29) is 0 Å². The fourth-order valence-electron chi connectivity index (χ4n) is 0.933. The van der Waals surface area contributed by atoms with E-state index >= 15 is 0 Å². The maximum atomic E-state index is 12.2. The Hall–Kier alpha value is -0.150. The number of halogens is 1. The SMILES string of the molecule is NCC1CNC(F)C1. The van der Waals surface area contributed by atoms with Crippen molar-refractivity contribution in [2.75, 3.05) is 13.1 Å². The number of alkyl halides is 1. The third-order valence-electron chi connectivity index (χ3n) is 1.50. The van der Waals surface area contributed by atoms with Gasteiger partial charge in [0.15, 0.2) is 6.30 Å². The lowest BCUT2D eigenvalue weighted by Gasteiger charge is -1.99. The Morgan fingerprint density at radius 1 is 1.75 bits per heavy atom. The Morgan fingerprint density at radius 2 is 2.50 bits per heavy atom. The van der Waals surface area contributed by atoms with Gasteiger partial charge in [-0.25, -0.2) is 4.39 Å². The van der Waals surface area contributed by atoms with E-state index in [1.807, 2.05) is 0 Å². The zero-order chi connectivity index (χ0) is 5.98. The molecule has 3 N–H and O–H groups in total. The molecule has 0 aliphatic carbocycles. The first-order chi connectivity index (χ1) is 3.83. The highest BCUT2D eigenvalue weighted by molar-refractivity contribution is 4.74. The summed E-state index contributed by atoms with van der Waals surface area (Å²) in [6, 6.07) is 0. The standard InChI is InChI=1S/C5H11FN2/c6-5-1-4(2-7)3-8-5/h4-5,8H,1-3,7H2. The molecular weight excluding hydrogens is 107 g/mol. The van der Waals surface area contributed by atoms with Crippen molar-refractivity contribution in [3.05, 3.63) is 0 Å². The van der Waals surface area contributed by atoms with Crippen LogP contribution in [0.15, 0.2) is 0 Å². The monoisotopic (exact) mass is 118 g/mol. The number of nitrogens with two attached hydrogens (primary N) is 1. The smallest absolute Gasteiger partial charge is 0.151 e. The fraction of sp³-hybridized carbons (Fsp3) is 1.00. The number of rotatable bonds is 1. The Balaban J connectivity index is 2.22. The second-order valence-corrected chi connectivity index (χ2v) is 2.21. The van der Waals surface area contributed by atoms with Crippen LogP contribution in [0.4, 0.5) is 4.39 Å². The van der Waals surface area contributed by atoms with Crippen LogP contribution >= 0.6 is 0 Å². The minimum Gasteiger partial charge on any atom is -0.330 e. The van der Waals surface area contributed by atoms with Crippen molar-refractivity contribution >= 4 is 0 Å². The van der Waals surface area contributed by atoms with E-state index < -0.39 is 6.30 Å². The highest BCUT2D eigenvalue weighted by Crippen LogP contribution is 2.12. The molecule has 0 saturated carbocycles. The molecule has 0 spiro atoms. The average Bonchev–Trinajstić information content (AvgIpc) is 2.14. The molecule has 1 fully saturated rings. The van der Waals surface area contributed by atoms with Gasteiger partial charge in [-0.2, -0.15) is 0 Å². The molecule has 0 radical (unpaired) electrons. The summed E-state index contributed by atoms with van der Waals surface area (Å²) in [6.07, 6.45) is -0.209. The van der Waals surface area contributed by atoms with E-state index in [2.05, 4.69) is 5.32 Å². The van der Waals surface area contributed by atoms with Gasteiger partial charge in [0.2, 0.25) is 0 Å². The van der Waals surface area contributed by atoms with Crippen LogP contribution in [0.1, 0.15) is 6.42 Å². The topological polar surface area (TPSA) is 38.0 Å². The zero-order valence-electron chi connectivity index (χ0n) is 4.73.